The van der Waals surface area contributed by atoms with Crippen molar-refractivity contribution >= 4 is 23.4 Å². The topological polar surface area (TPSA) is 133 Å². The number of hydrogen-bond acceptors (Lipinski definition) is 5. The molecule has 1 aliphatic rings. The number of hydrogen-bond donors (Lipinski definition) is 3. The van der Waals surface area contributed by atoms with E-state index in [4.69, 9.17) is 5.11 Å². The third-order valence-corrected chi connectivity index (χ3v) is 3.15. The van der Waals surface area contributed by atoms with E-state index < -0.39 is 29.1 Å². The minimum atomic E-state index is -1.19. The van der Waals surface area contributed by atoms with Crippen molar-refractivity contribution in [3.8, 4) is 0 Å². The Kier molecular flexibility index (Phi) is 4.03. The van der Waals surface area contributed by atoms with Gasteiger partial charge in [0.1, 0.15) is 6.04 Å². The number of benzene rings is 1. The first-order chi connectivity index (χ1) is 9.88. The van der Waals surface area contributed by atoms with Crippen molar-refractivity contribution in [2.75, 3.05) is 11.9 Å². The molecule has 0 spiro atoms. The van der Waals surface area contributed by atoms with Crippen molar-refractivity contribution in [1.29, 1.82) is 0 Å². The van der Waals surface area contributed by atoms with Gasteiger partial charge in [-0.3, -0.25) is 10.1 Å². The number of urea groups is 1. The van der Waals surface area contributed by atoms with E-state index in [9.17, 15) is 24.8 Å². The maximum atomic E-state index is 12.0. The third kappa shape index (κ3) is 3.26. The van der Waals surface area contributed by atoms with Crippen LogP contribution < -0.4 is 5.32 Å². The Morgan fingerprint density at radius 1 is 1.33 bits per heavy atom. The monoisotopic (exact) mass is 295 g/mol. The molecule has 9 nitrogen and oxygen atoms in total. The minimum absolute atomic E-state index is 0.0248. The Hall–Kier alpha value is -2.68. The molecular formula is C12H13N3O6. The lowest BCUT2D eigenvalue weighted by molar-refractivity contribution is -0.384. The summed E-state index contributed by atoms with van der Waals surface area (Å²) in [6.07, 6.45) is -0.906. The molecule has 1 fully saturated rings. The summed E-state index contributed by atoms with van der Waals surface area (Å²) in [4.78, 5) is 34.0. The highest BCUT2D eigenvalue weighted by Crippen LogP contribution is 2.21. The molecule has 112 valence electrons. The quantitative estimate of drug-likeness (QED) is 0.553. The molecule has 3 N–H and O–H groups in total. The zero-order chi connectivity index (χ0) is 15.6. The van der Waals surface area contributed by atoms with Crippen molar-refractivity contribution in [1.82, 2.24) is 4.90 Å². The fourth-order valence-corrected chi connectivity index (χ4v) is 2.13. The van der Waals surface area contributed by atoms with Gasteiger partial charge in [-0.2, -0.15) is 0 Å². The lowest BCUT2D eigenvalue weighted by Gasteiger charge is -2.21. The highest BCUT2D eigenvalue weighted by atomic mass is 16.6. The van der Waals surface area contributed by atoms with E-state index in [1.807, 2.05) is 0 Å². The van der Waals surface area contributed by atoms with Crippen LogP contribution in [0.5, 0.6) is 0 Å². The van der Waals surface area contributed by atoms with Gasteiger partial charge in [0.05, 0.1) is 11.0 Å². The maximum absolute atomic E-state index is 12.0. The number of non-ortho nitro benzene ring substituents is 1. The van der Waals surface area contributed by atoms with Gasteiger partial charge in [0, 0.05) is 30.8 Å². The number of anilines is 1. The first kappa shape index (κ1) is 14.7. The first-order valence-corrected chi connectivity index (χ1v) is 6.11. The van der Waals surface area contributed by atoms with Crippen LogP contribution in [0.2, 0.25) is 0 Å². The fraction of sp³-hybridized carbons (Fsp3) is 0.333. The lowest BCUT2D eigenvalue weighted by Crippen LogP contribution is -2.43. The molecule has 21 heavy (non-hydrogen) atoms. The molecule has 0 bridgehead atoms. The van der Waals surface area contributed by atoms with Gasteiger partial charge in [-0.25, -0.2) is 9.59 Å². The van der Waals surface area contributed by atoms with Crippen LogP contribution in [0.15, 0.2) is 24.3 Å². The molecule has 9 heteroatoms. The van der Waals surface area contributed by atoms with Crippen LogP contribution in [0.25, 0.3) is 0 Å². The molecular weight excluding hydrogens is 282 g/mol. The summed E-state index contributed by atoms with van der Waals surface area (Å²) in [6, 6.07) is 3.38. The second-order valence-corrected chi connectivity index (χ2v) is 4.63. The summed E-state index contributed by atoms with van der Waals surface area (Å²) in [5.41, 5.74) is 0.184. The molecule has 0 aliphatic carbocycles. The fourth-order valence-electron chi connectivity index (χ4n) is 2.13. The van der Waals surface area contributed by atoms with Gasteiger partial charge in [-0.1, -0.05) is 0 Å². The Morgan fingerprint density at radius 3 is 2.48 bits per heavy atom. The number of aliphatic carboxylic acids is 1. The van der Waals surface area contributed by atoms with E-state index in [-0.39, 0.29) is 18.7 Å². The first-order valence-electron chi connectivity index (χ1n) is 6.11. The van der Waals surface area contributed by atoms with E-state index in [2.05, 4.69) is 5.32 Å². The minimum Gasteiger partial charge on any atom is -0.480 e. The van der Waals surface area contributed by atoms with E-state index in [0.717, 1.165) is 4.90 Å². The molecule has 1 saturated heterocycles. The molecule has 1 aliphatic heterocycles. The van der Waals surface area contributed by atoms with E-state index in [1.54, 1.807) is 0 Å². The lowest BCUT2D eigenvalue weighted by atomic mass is 10.2. The van der Waals surface area contributed by atoms with Gasteiger partial charge in [-0.05, 0) is 12.1 Å². The van der Waals surface area contributed by atoms with Crippen LogP contribution in [0.4, 0.5) is 16.2 Å². The van der Waals surface area contributed by atoms with E-state index in [0.29, 0.717) is 5.69 Å². The number of aliphatic hydroxyl groups excluding tert-OH is 1. The number of rotatable bonds is 3. The number of nitrogens with one attached hydrogen (secondary N) is 1. The summed E-state index contributed by atoms with van der Waals surface area (Å²) >= 11 is 0. The molecule has 2 atom stereocenters. The number of β-amino-alcohol motifs (C(OH)–C–C–N with tert-alkyl or cyclic N) is 1. The largest absolute Gasteiger partial charge is 0.480 e. The average Bonchev–Trinajstić information content (AvgIpc) is 2.82. The van der Waals surface area contributed by atoms with Crippen LogP contribution in [0.1, 0.15) is 6.42 Å². The zero-order valence-corrected chi connectivity index (χ0v) is 10.8. The molecule has 2 rings (SSSR count). The number of aliphatic hydroxyl groups is 1. The average molecular weight is 295 g/mol. The van der Waals surface area contributed by atoms with Crippen LogP contribution in [-0.4, -0.2) is 50.7 Å². The summed E-state index contributed by atoms with van der Waals surface area (Å²) in [5.74, 6) is -1.19. The molecule has 1 heterocycles. The van der Waals surface area contributed by atoms with Crippen LogP contribution in [0.3, 0.4) is 0 Å². The van der Waals surface area contributed by atoms with Crippen LogP contribution in [0, 0.1) is 10.1 Å². The number of carboxylic acids is 1. The van der Waals surface area contributed by atoms with Crippen molar-refractivity contribution in [3.63, 3.8) is 0 Å². The number of carbonyl (C=O) groups is 2. The second-order valence-electron chi connectivity index (χ2n) is 4.63. The standard InChI is InChI=1S/C12H13N3O6/c16-9-5-10(11(17)18)14(6-9)12(19)13-7-1-3-8(4-2-7)15(20)21/h1-4,9-10,16H,5-6H2,(H,13,19)(H,17,18)/t9-,10-/m0/s1. The highest BCUT2D eigenvalue weighted by Gasteiger charge is 2.38. The Balaban J connectivity index is 2.06. The highest BCUT2D eigenvalue weighted by molar-refractivity contribution is 5.92. The molecule has 1 aromatic carbocycles. The predicted molar refractivity (Wildman–Crippen MR) is 70.9 cm³/mol. The Morgan fingerprint density at radius 2 is 1.95 bits per heavy atom. The summed E-state index contributed by atoms with van der Waals surface area (Å²) in [6.45, 7) is -0.0736. The summed E-state index contributed by atoms with van der Waals surface area (Å²) < 4.78 is 0. The zero-order valence-electron chi connectivity index (χ0n) is 10.8. The maximum Gasteiger partial charge on any atom is 0.326 e. The molecule has 0 saturated carbocycles. The number of carboxylic acid groups (broad SMARTS) is 1. The molecule has 0 aromatic heterocycles. The number of amides is 2. The van der Waals surface area contributed by atoms with Gasteiger partial charge in [0.15, 0.2) is 0 Å². The van der Waals surface area contributed by atoms with Gasteiger partial charge < -0.3 is 20.4 Å². The van der Waals surface area contributed by atoms with Crippen molar-refractivity contribution in [3.05, 3.63) is 34.4 Å². The number of likely N-dealkylation sites (tertiary alicyclic amines) is 1. The number of nitrogens with zero attached hydrogens (tertiary/aromatic N) is 2. The van der Waals surface area contributed by atoms with Gasteiger partial charge in [0.25, 0.3) is 5.69 Å². The second kappa shape index (κ2) is 5.75. The van der Waals surface area contributed by atoms with Crippen LogP contribution >= 0.6 is 0 Å². The molecule has 0 unspecified atom stereocenters. The number of nitro groups is 1. The van der Waals surface area contributed by atoms with Crippen molar-refractivity contribution in [2.24, 2.45) is 0 Å². The SMILES string of the molecule is O=C(O)[C@@H]1C[C@H](O)CN1C(=O)Nc1ccc([N+](=O)[O-])cc1. The smallest absolute Gasteiger partial charge is 0.326 e. The summed E-state index contributed by atoms with van der Waals surface area (Å²) in [5, 5.41) is 31.4. The Bertz CT molecular complexity index is 573. The molecule has 0 radical (unpaired) electrons. The number of nitro benzene ring substituents is 1. The van der Waals surface area contributed by atoms with Gasteiger partial charge in [0.2, 0.25) is 0 Å². The predicted octanol–water partition coefficient (Wildman–Crippen LogP) is 0.647. The van der Waals surface area contributed by atoms with Crippen molar-refractivity contribution < 1.29 is 24.7 Å². The third-order valence-electron chi connectivity index (χ3n) is 3.15. The van der Waals surface area contributed by atoms with E-state index in [1.165, 1.54) is 24.3 Å². The summed E-state index contributed by atoms with van der Waals surface area (Å²) in [7, 11) is 0. The van der Waals surface area contributed by atoms with Gasteiger partial charge >= 0.3 is 12.0 Å². The van der Waals surface area contributed by atoms with Crippen LogP contribution in [-0.2, 0) is 4.79 Å². The Labute approximate surface area is 118 Å². The van der Waals surface area contributed by atoms with Crippen molar-refractivity contribution in [2.45, 2.75) is 18.6 Å². The van der Waals surface area contributed by atoms with E-state index >= 15 is 0 Å². The number of carbonyl (C=O) groups excluding carboxylic acids is 1. The molecule has 2 amide bonds. The van der Waals surface area contributed by atoms with Gasteiger partial charge in [-0.15, -0.1) is 0 Å². The normalized spacial score (nSPS) is 21.1. The molecule has 1 aromatic rings.